The van der Waals surface area contributed by atoms with E-state index < -0.39 is 17.9 Å². The highest BCUT2D eigenvalue weighted by molar-refractivity contribution is 6.04. The van der Waals surface area contributed by atoms with Crippen LogP contribution in [-0.2, 0) is 9.59 Å². The number of carboxylic acids is 1. The third-order valence-corrected chi connectivity index (χ3v) is 2.98. The lowest BCUT2D eigenvalue weighted by Gasteiger charge is -2.13. The molecular formula is C13H14N2O4. The second-order valence-electron chi connectivity index (χ2n) is 4.50. The van der Waals surface area contributed by atoms with Crippen molar-refractivity contribution in [2.75, 3.05) is 5.32 Å². The van der Waals surface area contributed by atoms with Crippen LogP contribution in [-0.4, -0.2) is 28.9 Å². The van der Waals surface area contributed by atoms with Gasteiger partial charge in [0.25, 0.3) is 0 Å². The van der Waals surface area contributed by atoms with E-state index >= 15 is 0 Å². The highest BCUT2D eigenvalue weighted by Crippen LogP contribution is 2.18. The van der Waals surface area contributed by atoms with Crippen LogP contribution in [0.1, 0.15) is 28.8 Å². The number of benzene rings is 1. The maximum absolute atomic E-state index is 11.9. The van der Waals surface area contributed by atoms with Gasteiger partial charge < -0.3 is 15.7 Å². The summed E-state index contributed by atoms with van der Waals surface area (Å²) in [5.41, 5.74) is 1.08. The molecule has 1 aliphatic heterocycles. The number of carboxylic acid groups (broad SMARTS) is 1. The van der Waals surface area contributed by atoms with Crippen LogP contribution in [0.4, 0.5) is 5.69 Å². The van der Waals surface area contributed by atoms with Gasteiger partial charge in [0.2, 0.25) is 11.8 Å². The van der Waals surface area contributed by atoms with Crippen molar-refractivity contribution in [3.05, 3.63) is 29.3 Å². The Morgan fingerprint density at radius 1 is 1.42 bits per heavy atom. The van der Waals surface area contributed by atoms with E-state index in [4.69, 9.17) is 5.11 Å². The van der Waals surface area contributed by atoms with Crippen molar-refractivity contribution in [3.63, 3.8) is 0 Å². The predicted molar refractivity (Wildman–Crippen MR) is 67.9 cm³/mol. The van der Waals surface area contributed by atoms with Crippen LogP contribution >= 0.6 is 0 Å². The summed E-state index contributed by atoms with van der Waals surface area (Å²) in [7, 11) is 0. The molecule has 2 rings (SSSR count). The molecule has 1 heterocycles. The number of hydrogen-bond donors (Lipinski definition) is 3. The van der Waals surface area contributed by atoms with Gasteiger partial charge in [0.05, 0.1) is 11.3 Å². The van der Waals surface area contributed by atoms with Crippen molar-refractivity contribution in [1.29, 1.82) is 0 Å². The largest absolute Gasteiger partial charge is 0.478 e. The number of hydrogen-bond acceptors (Lipinski definition) is 3. The standard InChI is InChI=1S/C13H14N2O4/c1-7-2-3-9(8(6-7)13(18)19)15-12(17)10-4-5-11(16)14-10/h2-3,6,10H,4-5H2,1H3,(H,14,16)(H,15,17)(H,18,19)/t10-/m0/s1. The maximum atomic E-state index is 11.9. The van der Waals surface area contributed by atoms with Crippen molar-refractivity contribution >= 4 is 23.5 Å². The number of aromatic carboxylic acids is 1. The molecule has 0 aliphatic carbocycles. The summed E-state index contributed by atoms with van der Waals surface area (Å²) in [6.07, 6.45) is 0.747. The fourth-order valence-electron chi connectivity index (χ4n) is 1.97. The number of aryl methyl sites for hydroxylation is 1. The Morgan fingerprint density at radius 3 is 2.74 bits per heavy atom. The van der Waals surface area contributed by atoms with E-state index in [9.17, 15) is 14.4 Å². The van der Waals surface area contributed by atoms with E-state index in [0.717, 1.165) is 5.56 Å². The minimum Gasteiger partial charge on any atom is -0.478 e. The lowest BCUT2D eigenvalue weighted by atomic mass is 10.1. The lowest BCUT2D eigenvalue weighted by molar-refractivity contribution is -0.122. The fourth-order valence-corrected chi connectivity index (χ4v) is 1.97. The summed E-state index contributed by atoms with van der Waals surface area (Å²) in [6.45, 7) is 1.77. The average Bonchev–Trinajstić information content (AvgIpc) is 2.78. The summed E-state index contributed by atoms with van der Waals surface area (Å²) < 4.78 is 0. The smallest absolute Gasteiger partial charge is 0.337 e. The van der Waals surface area contributed by atoms with Gasteiger partial charge in [-0.2, -0.15) is 0 Å². The normalized spacial score (nSPS) is 17.9. The molecule has 1 aromatic carbocycles. The molecule has 0 radical (unpaired) electrons. The third-order valence-electron chi connectivity index (χ3n) is 2.98. The minimum atomic E-state index is -1.10. The molecule has 19 heavy (non-hydrogen) atoms. The second kappa shape index (κ2) is 5.09. The van der Waals surface area contributed by atoms with E-state index in [0.29, 0.717) is 12.8 Å². The summed E-state index contributed by atoms with van der Waals surface area (Å²) in [4.78, 5) is 34.1. The zero-order chi connectivity index (χ0) is 14.0. The molecule has 1 saturated heterocycles. The van der Waals surface area contributed by atoms with E-state index in [2.05, 4.69) is 10.6 Å². The first-order valence-electron chi connectivity index (χ1n) is 5.91. The van der Waals surface area contributed by atoms with Crippen LogP contribution in [0.15, 0.2) is 18.2 Å². The highest BCUT2D eigenvalue weighted by atomic mass is 16.4. The number of nitrogens with one attached hydrogen (secondary N) is 2. The van der Waals surface area contributed by atoms with Crippen molar-refractivity contribution in [3.8, 4) is 0 Å². The third kappa shape index (κ3) is 2.90. The molecule has 0 bridgehead atoms. The van der Waals surface area contributed by atoms with Crippen LogP contribution in [0.5, 0.6) is 0 Å². The van der Waals surface area contributed by atoms with Gasteiger partial charge in [-0.15, -0.1) is 0 Å². The predicted octanol–water partition coefficient (Wildman–Crippen LogP) is 0.910. The Bertz CT molecular complexity index is 554. The molecule has 6 nitrogen and oxygen atoms in total. The van der Waals surface area contributed by atoms with Crippen LogP contribution in [0.25, 0.3) is 0 Å². The van der Waals surface area contributed by atoms with Crippen molar-refractivity contribution in [2.24, 2.45) is 0 Å². The Hall–Kier alpha value is -2.37. The summed E-state index contributed by atoms with van der Waals surface area (Å²) in [6, 6.07) is 4.17. The zero-order valence-corrected chi connectivity index (χ0v) is 10.4. The van der Waals surface area contributed by atoms with Gasteiger partial charge in [-0.1, -0.05) is 11.6 Å². The van der Waals surface area contributed by atoms with Gasteiger partial charge in [0.15, 0.2) is 0 Å². The van der Waals surface area contributed by atoms with Crippen molar-refractivity contribution in [2.45, 2.75) is 25.8 Å². The van der Waals surface area contributed by atoms with Gasteiger partial charge in [0.1, 0.15) is 6.04 Å². The van der Waals surface area contributed by atoms with Crippen LogP contribution in [0.3, 0.4) is 0 Å². The van der Waals surface area contributed by atoms with E-state index in [-0.39, 0.29) is 17.2 Å². The van der Waals surface area contributed by atoms with E-state index in [1.54, 1.807) is 19.1 Å². The molecule has 6 heteroatoms. The Morgan fingerprint density at radius 2 is 2.16 bits per heavy atom. The molecule has 1 fully saturated rings. The van der Waals surface area contributed by atoms with Gasteiger partial charge in [0, 0.05) is 6.42 Å². The topological polar surface area (TPSA) is 95.5 Å². The molecule has 0 aromatic heterocycles. The summed E-state index contributed by atoms with van der Waals surface area (Å²) in [5.74, 6) is -1.66. The number of carbonyl (C=O) groups is 3. The summed E-state index contributed by atoms with van der Waals surface area (Å²) in [5, 5.41) is 14.2. The Balaban J connectivity index is 2.17. The van der Waals surface area contributed by atoms with Crippen molar-refractivity contribution < 1.29 is 19.5 Å². The molecule has 1 aromatic rings. The Labute approximate surface area is 109 Å². The first kappa shape index (κ1) is 13.1. The summed E-state index contributed by atoms with van der Waals surface area (Å²) >= 11 is 0. The van der Waals surface area contributed by atoms with E-state index in [1.165, 1.54) is 6.07 Å². The molecule has 0 unspecified atom stereocenters. The molecule has 1 aliphatic rings. The highest BCUT2D eigenvalue weighted by Gasteiger charge is 2.27. The monoisotopic (exact) mass is 262 g/mol. The first-order valence-corrected chi connectivity index (χ1v) is 5.91. The zero-order valence-electron chi connectivity index (χ0n) is 10.4. The molecular weight excluding hydrogens is 248 g/mol. The van der Waals surface area contributed by atoms with E-state index in [1.807, 2.05) is 0 Å². The van der Waals surface area contributed by atoms with Gasteiger partial charge >= 0.3 is 5.97 Å². The number of carbonyl (C=O) groups excluding carboxylic acids is 2. The van der Waals surface area contributed by atoms with Crippen molar-refractivity contribution in [1.82, 2.24) is 5.32 Å². The quantitative estimate of drug-likeness (QED) is 0.754. The maximum Gasteiger partial charge on any atom is 0.337 e. The number of rotatable bonds is 3. The van der Waals surface area contributed by atoms with Gasteiger partial charge in [-0.25, -0.2) is 4.79 Å². The van der Waals surface area contributed by atoms with Crippen LogP contribution in [0.2, 0.25) is 0 Å². The average molecular weight is 262 g/mol. The molecule has 0 spiro atoms. The van der Waals surface area contributed by atoms with Crippen LogP contribution < -0.4 is 10.6 Å². The molecule has 1 atom stereocenters. The lowest BCUT2D eigenvalue weighted by Crippen LogP contribution is -2.37. The number of amides is 2. The molecule has 3 N–H and O–H groups in total. The first-order chi connectivity index (χ1) is 8.97. The Kier molecular flexibility index (Phi) is 3.50. The fraction of sp³-hybridized carbons (Fsp3) is 0.308. The molecule has 2 amide bonds. The van der Waals surface area contributed by atoms with Gasteiger partial charge in [-0.05, 0) is 25.5 Å². The molecule has 100 valence electrons. The second-order valence-corrected chi connectivity index (χ2v) is 4.50. The molecule has 0 saturated carbocycles. The van der Waals surface area contributed by atoms with Crippen LogP contribution in [0, 0.1) is 6.92 Å². The minimum absolute atomic E-state index is 0.0395. The number of anilines is 1. The SMILES string of the molecule is Cc1ccc(NC(=O)[C@@H]2CCC(=O)N2)c(C(=O)O)c1. The van der Waals surface area contributed by atoms with Gasteiger partial charge in [-0.3, -0.25) is 9.59 Å².